The van der Waals surface area contributed by atoms with Gasteiger partial charge in [0.05, 0.1) is 23.7 Å². The summed E-state index contributed by atoms with van der Waals surface area (Å²) >= 11 is 0. The number of nitriles is 1. The Hall–Kier alpha value is -3.94. The molecule has 0 spiro atoms. The maximum absolute atomic E-state index is 13.3. The number of nitrogens with one attached hydrogen (secondary N) is 2. The van der Waals surface area contributed by atoms with Gasteiger partial charge in [0.15, 0.2) is 6.23 Å². The largest absolute Gasteiger partial charge is 0.425 e. The third-order valence-corrected chi connectivity index (χ3v) is 7.24. The van der Waals surface area contributed by atoms with Gasteiger partial charge in [-0.15, -0.1) is 5.06 Å². The highest BCUT2D eigenvalue weighted by Crippen LogP contribution is 2.36. The maximum Gasteiger partial charge on any atom is 0.409 e. The topological polar surface area (TPSA) is 127 Å². The van der Waals surface area contributed by atoms with Crippen LogP contribution >= 0.6 is 0 Å². The zero-order chi connectivity index (χ0) is 28.9. The molecule has 0 bridgehead atoms. The summed E-state index contributed by atoms with van der Waals surface area (Å²) in [7, 11) is 0. The van der Waals surface area contributed by atoms with Crippen molar-refractivity contribution in [3.8, 4) is 6.07 Å². The molecule has 4 rings (SSSR count). The fourth-order valence-electron chi connectivity index (χ4n) is 4.95. The van der Waals surface area contributed by atoms with E-state index < -0.39 is 30.6 Å². The monoisotopic (exact) mass is 547 g/mol. The van der Waals surface area contributed by atoms with E-state index in [-0.39, 0.29) is 17.2 Å². The predicted molar refractivity (Wildman–Crippen MR) is 149 cm³/mol. The van der Waals surface area contributed by atoms with E-state index in [9.17, 15) is 14.4 Å². The second-order valence-corrected chi connectivity index (χ2v) is 11.1. The first-order valence-corrected chi connectivity index (χ1v) is 13.7. The van der Waals surface area contributed by atoms with E-state index in [1.807, 2.05) is 64.1 Å². The van der Waals surface area contributed by atoms with Crippen molar-refractivity contribution >= 4 is 23.6 Å². The molecule has 2 fully saturated rings. The third-order valence-electron chi connectivity index (χ3n) is 7.24. The van der Waals surface area contributed by atoms with Gasteiger partial charge in [-0.05, 0) is 48.6 Å². The van der Waals surface area contributed by atoms with Crippen LogP contribution in [-0.4, -0.2) is 52.9 Å². The molecule has 212 valence electrons. The molecule has 3 unspecified atom stereocenters. The Bertz CT molecular complexity index is 1240. The number of ketones is 1. The van der Waals surface area contributed by atoms with Crippen molar-refractivity contribution in [1.82, 2.24) is 15.3 Å². The first-order valence-electron chi connectivity index (χ1n) is 13.7. The average molecular weight is 548 g/mol. The van der Waals surface area contributed by atoms with Crippen molar-refractivity contribution in [3.63, 3.8) is 0 Å². The second kappa shape index (κ2) is 12.5. The van der Waals surface area contributed by atoms with Crippen LogP contribution < -0.4 is 10.6 Å². The van der Waals surface area contributed by atoms with Gasteiger partial charge in [0.1, 0.15) is 0 Å². The zero-order valence-corrected chi connectivity index (χ0v) is 23.4. The van der Waals surface area contributed by atoms with Crippen molar-refractivity contribution in [2.24, 2.45) is 5.41 Å². The fourth-order valence-corrected chi connectivity index (χ4v) is 4.95. The molecule has 5 atom stereocenters. The predicted octanol–water partition coefficient (Wildman–Crippen LogP) is 5.34. The minimum Gasteiger partial charge on any atom is -0.425 e. The number of carbonyl (C=O) groups is 3. The lowest BCUT2D eigenvalue weighted by atomic mass is 9.93. The van der Waals surface area contributed by atoms with E-state index in [2.05, 4.69) is 10.6 Å². The van der Waals surface area contributed by atoms with E-state index in [1.54, 1.807) is 29.3 Å². The summed E-state index contributed by atoms with van der Waals surface area (Å²) in [4.78, 5) is 46.6. The highest BCUT2D eigenvalue weighted by Gasteiger charge is 2.49. The van der Waals surface area contributed by atoms with Crippen LogP contribution in [0.1, 0.15) is 70.5 Å². The van der Waals surface area contributed by atoms with Crippen LogP contribution in [0, 0.1) is 16.7 Å². The number of hydrogen-bond donors (Lipinski definition) is 2. The molecule has 2 N–H and O–H groups in total. The van der Waals surface area contributed by atoms with Gasteiger partial charge in [-0.1, -0.05) is 63.9 Å². The Morgan fingerprint density at radius 1 is 1.15 bits per heavy atom. The van der Waals surface area contributed by atoms with E-state index in [1.165, 1.54) is 4.90 Å². The van der Waals surface area contributed by atoms with E-state index in [0.29, 0.717) is 30.6 Å². The standard InChI is InChI=1S/C30H37N5O5/c1-5-6-12-24(26(36)27-35(40-27)20(2)22-10-8-7-9-11-22)33-29(38)39-25-17-30(3,4)19-34(25)28(37)32-23-15-13-21(18-31)14-16-23/h7-11,13-16,20,24-25,27H,5-6,12,17,19H2,1-4H3,(H,32,37)(H,33,38)/t20-,24+,25?,27?,35?/m1/s1. The maximum atomic E-state index is 13.3. The summed E-state index contributed by atoms with van der Waals surface area (Å²) in [6, 6.07) is 17.0. The number of Topliss-reactive ketones (excluding diaryl/α,β-unsaturated/α-hetero) is 1. The summed E-state index contributed by atoms with van der Waals surface area (Å²) in [5.74, 6) is -0.227. The number of likely N-dealkylation sites (tertiary alicyclic amines) is 1. The van der Waals surface area contributed by atoms with Crippen LogP contribution in [0.15, 0.2) is 54.6 Å². The SMILES string of the molecule is CCCC[C@H](NC(=O)OC1CC(C)(C)CN1C(=O)Nc1ccc(C#N)cc1)C(=O)C1ON1[C@H](C)c1ccccc1. The van der Waals surface area contributed by atoms with Gasteiger partial charge < -0.3 is 15.4 Å². The molecular formula is C30H37N5O5. The van der Waals surface area contributed by atoms with Gasteiger partial charge in [0, 0.05) is 18.7 Å². The number of rotatable bonds is 10. The number of alkyl carbamates (subject to hydrolysis) is 1. The first-order chi connectivity index (χ1) is 19.1. The van der Waals surface area contributed by atoms with Gasteiger partial charge in [-0.25, -0.2) is 9.59 Å². The molecule has 0 radical (unpaired) electrons. The Morgan fingerprint density at radius 3 is 2.50 bits per heavy atom. The van der Waals surface area contributed by atoms with Crippen molar-refractivity contribution in [3.05, 3.63) is 65.7 Å². The Kier molecular flexibility index (Phi) is 9.07. The fraction of sp³-hybridized carbons (Fsp3) is 0.467. The number of urea groups is 1. The van der Waals surface area contributed by atoms with E-state index in [4.69, 9.17) is 14.8 Å². The number of ether oxygens (including phenoxy) is 1. The summed E-state index contributed by atoms with van der Waals surface area (Å²) in [5, 5.41) is 16.2. The zero-order valence-electron chi connectivity index (χ0n) is 23.4. The van der Waals surface area contributed by atoms with Crippen molar-refractivity contribution in [1.29, 1.82) is 5.26 Å². The van der Waals surface area contributed by atoms with Gasteiger partial charge in [-0.2, -0.15) is 5.26 Å². The van der Waals surface area contributed by atoms with Crippen LogP contribution in [-0.2, 0) is 14.4 Å². The lowest BCUT2D eigenvalue weighted by molar-refractivity contribution is -0.122. The molecule has 2 aliphatic heterocycles. The number of hydrogen-bond acceptors (Lipinski definition) is 7. The Labute approximate surface area is 235 Å². The lowest BCUT2D eigenvalue weighted by Crippen LogP contribution is -2.47. The summed E-state index contributed by atoms with van der Waals surface area (Å²) in [5.41, 5.74) is 1.76. The molecule has 2 heterocycles. The molecule has 2 aliphatic rings. The second-order valence-electron chi connectivity index (χ2n) is 11.1. The van der Waals surface area contributed by atoms with Crippen LogP contribution in [0.25, 0.3) is 0 Å². The molecule has 2 aromatic rings. The highest BCUT2D eigenvalue weighted by atomic mass is 16.8. The Balaban J connectivity index is 1.38. The van der Waals surface area contributed by atoms with E-state index in [0.717, 1.165) is 18.4 Å². The number of anilines is 1. The summed E-state index contributed by atoms with van der Waals surface area (Å²) in [6.45, 7) is 8.36. The molecule has 10 heteroatoms. The number of carbonyl (C=O) groups excluding carboxylic acids is 3. The van der Waals surface area contributed by atoms with Crippen LogP contribution in [0.2, 0.25) is 0 Å². The molecule has 0 saturated carbocycles. The van der Waals surface area contributed by atoms with Gasteiger partial charge in [0.2, 0.25) is 12.0 Å². The average Bonchev–Trinajstić information content (AvgIpc) is 3.68. The minimum absolute atomic E-state index is 0.113. The van der Waals surface area contributed by atoms with Gasteiger partial charge >= 0.3 is 12.1 Å². The van der Waals surface area contributed by atoms with Crippen molar-refractivity contribution in [2.45, 2.75) is 77.9 Å². The summed E-state index contributed by atoms with van der Waals surface area (Å²) in [6.07, 6.45) is 0.208. The molecule has 10 nitrogen and oxygen atoms in total. The third kappa shape index (κ3) is 7.17. The summed E-state index contributed by atoms with van der Waals surface area (Å²) < 4.78 is 5.72. The van der Waals surface area contributed by atoms with Crippen LogP contribution in [0.5, 0.6) is 0 Å². The highest BCUT2D eigenvalue weighted by molar-refractivity contribution is 5.92. The number of nitrogens with zero attached hydrogens (tertiary/aromatic N) is 3. The molecule has 40 heavy (non-hydrogen) atoms. The van der Waals surface area contributed by atoms with Crippen molar-refractivity contribution in [2.75, 3.05) is 11.9 Å². The van der Waals surface area contributed by atoms with Crippen LogP contribution in [0.4, 0.5) is 15.3 Å². The molecule has 3 amide bonds. The smallest absolute Gasteiger partial charge is 0.409 e. The number of unbranched alkanes of at least 4 members (excludes halogenated alkanes) is 1. The molecular weight excluding hydrogens is 510 g/mol. The van der Waals surface area contributed by atoms with E-state index >= 15 is 0 Å². The first kappa shape index (κ1) is 29.1. The number of amides is 3. The van der Waals surface area contributed by atoms with Gasteiger partial charge in [-0.3, -0.25) is 14.5 Å². The number of benzene rings is 2. The van der Waals surface area contributed by atoms with Gasteiger partial charge in [0.25, 0.3) is 0 Å². The molecule has 0 aromatic heterocycles. The van der Waals surface area contributed by atoms with Crippen LogP contribution in [0.3, 0.4) is 0 Å². The minimum atomic E-state index is -0.804. The molecule has 2 aromatic carbocycles. The normalized spacial score (nSPS) is 22.5. The molecule has 0 aliphatic carbocycles. The van der Waals surface area contributed by atoms with Crippen molar-refractivity contribution < 1.29 is 24.0 Å². The Morgan fingerprint density at radius 2 is 1.85 bits per heavy atom. The quantitative estimate of drug-likeness (QED) is 0.385. The number of hydroxylamine groups is 2. The lowest BCUT2D eigenvalue weighted by Gasteiger charge is -2.26. The molecule has 2 saturated heterocycles.